The first-order valence-electron chi connectivity index (χ1n) is 5.17. The molecule has 0 aromatic carbocycles. The van der Waals surface area contributed by atoms with Gasteiger partial charge in [0.25, 0.3) is 0 Å². The largest absolute Gasteiger partial charge is 0.463 e. The second kappa shape index (κ2) is 4.97. The number of hydrazine groups is 1. The van der Waals surface area contributed by atoms with Crippen molar-refractivity contribution in [2.75, 3.05) is 6.61 Å². The van der Waals surface area contributed by atoms with Crippen LogP contribution in [0.2, 0.25) is 0 Å². The summed E-state index contributed by atoms with van der Waals surface area (Å²) in [6, 6.07) is -0.404. The van der Waals surface area contributed by atoms with Gasteiger partial charge in [-0.25, -0.2) is 9.59 Å². The second-order valence-corrected chi connectivity index (χ2v) is 3.43. The molecule has 0 bridgehead atoms. The Morgan fingerprint density at radius 3 is 2.67 bits per heavy atom. The van der Waals surface area contributed by atoms with Crippen LogP contribution in [0.5, 0.6) is 0 Å². The summed E-state index contributed by atoms with van der Waals surface area (Å²) in [6.45, 7) is 4.04. The Morgan fingerprint density at radius 1 is 1.47 bits per heavy atom. The van der Waals surface area contributed by atoms with Gasteiger partial charge in [0.05, 0.1) is 6.61 Å². The van der Waals surface area contributed by atoms with E-state index in [1.54, 1.807) is 6.92 Å². The molecule has 3 N–H and O–H groups in total. The van der Waals surface area contributed by atoms with Crippen LogP contribution in [0, 0.1) is 0 Å². The molecule has 2 amide bonds. The van der Waals surface area contributed by atoms with Gasteiger partial charge in [-0.1, -0.05) is 13.3 Å². The molecule has 0 radical (unpaired) electrons. The molecule has 1 heterocycles. The number of nitrogens with one attached hydrogen (secondary N) is 3. The molecule has 1 aliphatic rings. The maximum atomic E-state index is 11.7. The molecule has 0 aromatic rings. The molecule has 6 nitrogen and oxygen atoms in total. The fourth-order valence-corrected chi connectivity index (χ4v) is 1.45. The third kappa shape index (κ3) is 2.59. The number of rotatable bonds is 5. The van der Waals surface area contributed by atoms with Crippen LogP contribution in [0.1, 0.15) is 33.1 Å². The summed E-state index contributed by atoms with van der Waals surface area (Å²) in [4.78, 5) is 22.7. The molecule has 86 valence electrons. The smallest absolute Gasteiger partial charge is 0.348 e. The fraction of sp³-hybridized carbons (Fsp3) is 0.778. The minimum absolute atomic E-state index is 0.296. The van der Waals surface area contributed by atoms with E-state index in [1.165, 1.54) is 0 Å². The zero-order valence-corrected chi connectivity index (χ0v) is 9.05. The van der Waals surface area contributed by atoms with Gasteiger partial charge in [0.1, 0.15) is 0 Å². The van der Waals surface area contributed by atoms with Gasteiger partial charge in [-0.15, -0.1) is 0 Å². The van der Waals surface area contributed by atoms with Crippen molar-refractivity contribution >= 4 is 12.0 Å². The lowest BCUT2D eigenvalue weighted by atomic mass is 10.0. The average Bonchev–Trinajstić information content (AvgIpc) is 2.59. The third-order valence-corrected chi connectivity index (χ3v) is 2.25. The molecule has 15 heavy (non-hydrogen) atoms. The van der Waals surface area contributed by atoms with Crippen LogP contribution in [0.15, 0.2) is 0 Å². The Hall–Kier alpha value is -1.30. The molecule has 0 saturated carbocycles. The van der Waals surface area contributed by atoms with Crippen molar-refractivity contribution in [3.8, 4) is 0 Å². The summed E-state index contributed by atoms with van der Waals surface area (Å²) in [6.07, 6.45) is 2.29. The van der Waals surface area contributed by atoms with E-state index in [2.05, 4.69) is 16.2 Å². The Kier molecular flexibility index (Phi) is 3.90. The molecular formula is C9H17N3O3. The highest BCUT2D eigenvalue weighted by molar-refractivity contribution is 5.89. The van der Waals surface area contributed by atoms with Crippen LogP contribution in [-0.4, -0.2) is 24.3 Å². The van der Waals surface area contributed by atoms with Gasteiger partial charge in [-0.3, -0.25) is 5.43 Å². The first-order valence-corrected chi connectivity index (χ1v) is 5.17. The normalized spacial score (nSPS) is 24.5. The first kappa shape index (κ1) is 11.8. The highest BCUT2D eigenvalue weighted by atomic mass is 16.5. The highest BCUT2D eigenvalue weighted by Crippen LogP contribution is 2.15. The predicted molar refractivity (Wildman–Crippen MR) is 53.7 cm³/mol. The SMILES string of the molecule is CCCCC1(C(=O)OCC)NNC(=O)N1. The van der Waals surface area contributed by atoms with Gasteiger partial charge in [-0.05, 0) is 19.8 Å². The van der Waals surface area contributed by atoms with Crippen LogP contribution >= 0.6 is 0 Å². The minimum Gasteiger partial charge on any atom is -0.463 e. The number of unbranched alkanes of at least 4 members (excludes halogenated alkanes) is 1. The molecular weight excluding hydrogens is 198 g/mol. The van der Waals surface area contributed by atoms with Crippen molar-refractivity contribution < 1.29 is 14.3 Å². The van der Waals surface area contributed by atoms with Gasteiger partial charge in [-0.2, -0.15) is 5.43 Å². The number of carbonyl (C=O) groups excluding carboxylic acids is 2. The Labute approximate surface area is 88.7 Å². The summed E-state index contributed by atoms with van der Waals surface area (Å²) < 4.78 is 4.92. The fourth-order valence-electron chi connectivity index (χ4n) is 1.45. The van der Waals surface area contributed by atoms with Crippen molar-refractivity contribution in [3.63, 3.8) is 0 Å². The minimum atomic E-state index is -1.09. The molecule has 1 fully saturated rings. The predicted octanol–water partition coefficient (Wildman–Crippen LogP) is 0.253. The summed E-state index contributed by atoms with van der Waals surface area (Å²) >= 11 is 0. The standard InChI is InChI=1S/C9H17N3O3/c1-3-5-6-9(7(13)15-4-2)10-8(14)11-12-9/h12H,3-6H2,1-2H3,(H2,10,11,14). The Bertz CT molecular complexity index is 257. The van der Waals surface area contributed by atoms with E-state index >= 15 is 0 Å². The van der Waals surface area contributed by atoms with Gasteiger partial charge in [0.15, 0.2) is 0 Å². The third-order valence-electron chi connectivity index (χ3n) is 2.25. The van der Waals surface area contributed by atoms with Crippen LogP contribution in [-0.2, 0) is 9.53 Å². The maximum absolute atomic E-state index is 11.7. The lowest BCUT2D eigenvalue weighted by Crippen LogP contribution is -2.58. The molecule has 0 aromatic heterocycles. The van der Waals surface area contributed by atoms with Crippen molar-refractivity contribution in [3.05, 3.63) is 0 Å². The molecule has 6 heteroatoms. The van der Waals surface area contributed by atoms with Crippen molar-refractivity contribution in [2.24, 2.45) is 0 Å². The molecule has 1 atom stereocenters. The number of hydrogen-bond acceptors (Lipinski definition) is 4. The van der Waals surface area contributed by atoms with E-state index in [0.29, 0.717) is 13.0 Å². The number of carbonyl (C=O) groups is 2. The Morgan fingerprint density at radius 2 is 2.20 bits per heavy atom. The van der Waals surface area contributed by atoms with Crippen LogP contribution < -0.4 is 16.2 Å². The quantitative estimate of drug-likeness (QED) is 0.574. The molecule has 1 rings (SSSR count). The number of urea groups is 1. The molecule has 1 saturated heterocycles. The molecule has 1 unspecified atom stereocenters. The maximum Gasteiger partial charge on any atom is 0.348 e. The highest BCUT2D eigenvalue weighted by Gasteiger charge is 2.45. The summed E-state index contributed by atoms with van der Waals surface area (Å²) in [5.74, 6) is -0.447. The summed E-state index contributed by atoms with van der Waals surface area (Å²) in [7, 11) is 0. The van der Waals surface area contributed by atoms with E-state index in [1.807, 2.05) is 6.92 Å². The number of ether oxygens (including phenoxy) is 1. The second-order valence-electron chi connectivity index (χ2n) is 3.43. The Balaban J connectivity index is 2.68. The summed E-state index contributed by atoms with van der Waals surface area (Å²) in [5, 5.41) is 2.55. The first-order chi connectivity index (χ1) is 7.14. The monoisotopic (exact) mass is 215 g/mol. The average molecular weight is 215 g/mol. The van der Waals surface area contributed by atoms with E-state index in [-0.39, 0.29) is 0 Å². The van der Waals surface area contributed by atoms with E-state index in [9.17, 15) is 9.59 Å². The van der Waals surface area contributed by atoms with Gasteiger partial charge in [0, 0.05) is 0 Å². The van der Waals surface area contributed by atoms with E-state index in [4.69, 9.17) is 4.74 Å². The van der Waals surface area contributed by atoms with Crippen molar-refractivity contribution in [1.29, 1.82) is 0 Å². The van der Waals surface area contributed by atoms with Crippen LogP contribution in [0.3, 0.4) is 0 Å². The van der Waals surface area contributed by atoms with Crippen molar-refractivity contribution in [2.45, 2.75) is 38.8 Å². The molecule has 0 aliphatic carbocycles. The topological polar surface area (TPSA) is 79.5 Å². The van der Waals surface area contributed by atoms with E-state index in [0.717, 1.165) is 12.8 Å². The molecule has 1 aliphatic heterocycles. The zero-order chi connectivity index (χ0) is 11.3. The van der Waals surface area contributed by atoms with Crippen molar-refractivity contribution in [1.82, 2.24) is 16.2 Å². The lowest BCUT2D eigenvalue weighted by Gasteiger charge is -2.25. The van der Waals surface area contributed by atoms with E-state index < -0.39 is 17.7 Å². The van der Waals surface area contributed by atoms with Crippen LogP contribution in [0.25, 0.3) is 0 Å². The lowest BCUT2D eigenvalue weighted by molar-refractivity contribution is -0.152. The summed E-state index contributed by atoms with van der Waals surface area (Å²) in [5.41, 5.74) is 3.92. The number of esters is 1. The number of amides is 2. The number of hydrogen-bond donors (Lipinski definition) is 3. The van der Waals surface area contributed by atoms with Gasteiger partial charge < -0.3 is 10.1 Å². The van der Waals surface area contributed by atoms with Gasteiger partial charge in [0.2, 0.25) is 5.66 Å². The zero-order valence-electron chi connectivity index (χ0n) is 9.05. The van der Waals surface area contributed by atoms with Crippen LogP contribution in [0.4, 0.5) is 4.79 Å². The molecule has 0 spiro atoms. The van der Waals surface area contributed by atoms with Gasteiger partial charge >= 0.3 is 12.0 Å².